The van der Waals surface area contributed by atoms with Crippen LogP contribution in [0.4, 0.5) is 4.79 Å². The number of piperidine rings is 1. The van der Waals surface area contributed by atoms with Crippen LogP contribution in [0.3, 0.4) is 0 Å². The van der Waals surface area contributed by atoms with Gasteiger partial charge in [-0.25, -0.2) is 4.79 Å². The lowest BCUT2D eigenvalue weighted by molar-refractivity contribution is -0.133. The smallest absolute Gasteiger partial charge is 0.410 e. The number of hydrogen-bond donors (Lipinski definition) is 0. The van der Waals surface area contributed by atoms with E-state index in [1.807, 2.05) is 52.2 Å². The number of ether oxygens (including phenoxy) is 1. The minimum atomic E-state index is -0.406. The second-order valence-electron chi connectivity index (χ2n) is 7.51. The first-order valence-electron chi connectivity index (χ1n) is 9.94. The van der Waals surface area contributed by atoms with E-state index in [1.54, 1.807) is 11.1 Å². The van der Waals surface area contributed by atoms with Gasteiger partial charge in [-0.05, 0) is 36.8 Å². The maximum atomic E-state index is 12.8. The Morgan fingerprint density at radius 3 is 2.64 bits per heavy atom. The summed E-state index contributed by atoms with van der Waals surface area (Å²) < 4.78 is 7.17. The number of likely N-dealkylation sites (tertiary alicyclic amines) is 1. The van der Waals surface area contributed by atoms with Crippen molar-refractivity contribution in [3.8, 4) is 0 Å². The Kier molecular flexibility index (Phi) is 5.60. The second kappa shape index (κ2) is 8.46. The van der Waals surface area contributed by atoms with Gasteiger partial charge in [-0.1, -0.05) is 30.3 Å². The first kappa shape index (κ1) is 18.5. The van der Waals surface area contributed by atoms with Crippen LogP contribution in [0.25, 0.3) is 0 Å². The molecule has 2 aliphatic heterocycles. The van der Waals surface area contributed by atoms with E-state index in [0.717, 1.165) is 44.5 Å². The molecule has 0 spiro atoms. The highest BCUT2D eigenvalue weighted by Gasteiger charge is 2.36. The monoisotopic (exact) mass is 382 g/mol. The molecule has 0 unspecified atom stereocenters. The molecule has 3 heterocycles. The van der Waals surface area contributed by atoms with Gasteiger partial charge in [0, 0.05) is 32.0 Å². The molecule has 148 valence electrons. The molecule has 1 aromatic heterocycles. The highest BCUT2D eigenvalue weighted by molar-refractivity contribution is 5.83. The fraction of sp³-hybridized carbons (Fsp3) is 0.476. The van der Waals surface area contributed by atoms with Crippen LogP contribution in [-0.2, 0) is 16.1 Å². The van der Waals surface area contributed by atoms with E-state index >= 15 is 0 Å². The molecule has 7 nitrogen and oxygen atoms in total. The molecule has 0 radical (unpaired) electrons. The first-order chi connectivity index (χ1) is 13.7. The lowest BCUT2D eigenvalue weighted by Crippen LogP contribution is -2.45. The largest absolute Gasteiger partial charge is 0.447 e. The van der Waals surface area contributed by atoms with Crippen molar-refractivity contribution in [2.45, 2.75) is 31.8 Å². The van der Waals surface area contributed by atoms with Gasteiger partial charge < -0.3 is 9.64 Å². The van der Waals surface area contributed by atoms with E-state index in [0.29, 0.717) is 12.5 Å². The fourth-order valence-electron chi connectivity index (χ4n) is 4.04. The van der Waals surface area contributed by atoms with E-state index in [2.05, 4.69) is 5.10 Å². The van der Waals surface area contributed by atoms with Crippen LogP contribution >= 0.6 is 0 Å². The summed E-state index contributed by atoms with van der Waals surface area (Å²) in [4.78, 5) is 28.4. The highest BCUT2D eigenvalue weighted by Crippen LogP contribution is 2.28. The highest BCUT2D eigenvalue weighted by atomic mass is 16.6. The minimum Gasteiger partial charge on any atom is -0.447 e. The molecule has 1 aromatic carbocycles. The van der Waals surface area contributed by atoms with E-state index < -0.39 is 6.09 Å². The van der Waals surface area contributed by atoms with Crippen LogP contribution in [0.5, 0.6) is 0 Å². The van der Waals surface area contributed by atoms with Gasteiger partial charge in [-0.2, -0.15) is 5.10 Å². The molecular weight excluding hydrogens is 356 g/mol. The Bertz CT molecular complexity index is 785. The number of rotatable bonds is 6. The Hall–Kier alpha value is -2.83. The predicted octanol–water partition coefficient (Wildman–Crippen LogP) is 2.71. The van der Waals surface area contributed by atoms with Crippen molar-refractivity contribution in [3.63, 3.8) is 0 Å². The van der Waals surface area contributed by atoms with Gasteiger partial charge in [0.15, 0.2) is 0 Å². The molecule has 4 rings (SSSR count). The third-order valence-corrected chi connectivity index (χ3v) is 5.76. The maximum Gasteiger partial charge on any atom is 0.410 e. The number of carbonyl (C=O) groups is 2. The zero-order valence-corrected chi connectivity index (χ0v) is 15.9. The number of aromatic nitrogens is 2. The minimum absolute atomic E-state index is 0.00491. The number of cyclic esters (lactones) is 1. The summed E-state index contributed by atoms with van der Waals surface area (Å²) >= 11 is 0. The zero-order chi connectivity index (χ0) is 19.3. The van der Waals surface area contributed by atoms with Crippen LogP contribution in [-0.4, -0.2) is 57.8 Å². The third-order valence-electron chi connectivity index (χ3n) is 5.76. The van der Waals surface area contributed by atoms with E-state index in [-0.39, 0.29) is 18.5 Å². The van der Waals surface area contributed by atoms with E-state index in [9.17, 15) is 9.59 Å². The van der Waals surface area contributed by atoms with Crippen LogP contribution in [0.2, 0.25) is 0 Å². The topological polar surface area (TPSA) is 67.7 Å². The van der Waals surface area contributed by atoms with Crippen molar-refractivity contribution < 1.29 is 14.3 Å². The summed E-state index contributed by atoms with van der Waals surface area (Å²) in [6.45, 7) is 2.80. The van der Waals surface area contributed by atoms with Crippen LogP contribution in [0.1, 0.15) is 30.9 Å². The molecule has 1 atom stereocenters. The van der Waals surface area contributed by atoms with Crippen molar-refractivity contribution in [1.29, 1.82) is 0 Å². The predicted molar refractivity (Wildman–Crippen MR) is 103 cm³/mol. The lowest BCUT2D eigenvalue weighted by Gasteiger charge is -2.33. The van der Waals surface area contributed by atoms with Crippen molar-refractivity contribution in [2.24, 2.45) is 5.92 Å². The molecule has 0 saturated carbocycles. The number of carbonyl (C=O) groups excluding carboxylic acids is 2. The number of nitrogens with zero attached hydrogens (tertiary/aromatic N) is 4. The van der Waals surface area contributed by atoms with Crippen molar-refractivity contribution >= 4 is 12.0 Å². The van der Waals surface area contributed by atoms with Gasteiger partial charge in [0.25, 0.3) is 0 Å². The van der Waals surface area contributed by atoms with Crippen molar-refractivity contribution in [2.75, 3.05) is 26.2 Å². The molecule has 2 fully saturated rings. The molecule has 0 bridgehead atoms. The third kappa shape index (κ3) is 4.18. The number of aryl methyl sites for hydroxylation is 1. The van der Waals surface area contributed by atoms with E-state index in [4.69, 9.17) is 4.74 Å². The maximum absolute atomic E-state index is 12.8. The first-order valence-corrected chi connectivity index (χ1v) is 9.94. The molecule has 28 heavy (non-hydrogen) atoms. The van der Waals surface area contributed by atoms with Crippen LogP contribution in [0, 0.1) is 5.92 Å². The molecule has 2 aliphatic rings. The molecule has 0 aliphatic carbocycles. The molecule has 2 amide bonds. The zero-order valence-electron chi connectivity index (χ0n) is 15.9. The van der Waals surface area contributed by atoms with Crippen LogP contribution in [0.15, 0.2) is 48.8 Å². The van der Waals surface area contributed by atoms with Gasteiger partial charge in [0.2, 0.25) is 5.91 Å². The summed E-state index contributed by atoms with van der Waals surface area (Å²) in [5, 5.41) is 4.24. The summed E-state index contributed by atoms with van der Waals surface area (Å²) in [6.07, 6.45) is 6.46. The molecule has 7 heteroatoms. The Morgan fingerprint density at radius 1 is 1.14 bits per heavy atom. The fourth-order valence-corrected chi connectivity index (χ4v) is 4.04. The summed E-state index contributed by atoms with van der Waals surface area (Å²) in [5.41, 5.74) is 0.999. The number of hydrogen-bond acceptors (Lipinski definition) is 4. The number of amides is 2. The summed E-state index contributed by atoms with van der Waals surface area (Å²) in [5.74, 6) is 0.618. The van der Waals surface area contributed by atoms with Gasteiger partial charge in [-0.15, -0.1) is 0 Å². The summed E-state index contributed by atoms with van der Waals surface area (Å²) in [6, 6.07) is 11.5. The van der Waals surface area contributed by atoms with Crippen molar-refractivity contribution in [1.82, 2.24) is 19.6 Å². The van der Waals surface area contributed by atoms with Crippen molar-refractivity contribution in [3.05, 3.63) is 54.4 Å². The molecular formula is C21H26N4O3. The molecule has 0 N–H and O–H groups in total. The Labute approximate surface area is 164 Å². The molecule has 2 saturated heterocycles. The van der Waals surface area contributed by atoms with Gasteiger partial charge >= 0.3 is 6.09 Å². The average Bonchev–Trinajstić information content (AvgIpc) is 3.38. The van der Waals surface area contributed by atoms with Gasteiger partial charge in [-0.3, -0.25) is 14.4 Å². The van der Waals surface area contributed by atoms with Gasteiger partial charge in [0.1, 0.15) is 13.2 Å². The second-order valence-corrected chi connectivity index (χ2v) is 7.51. The standard InChI is InChI=1S/C21H26N4O3/c26-20(15-25-19(16-28-21(25)27)18-5-2-1-3-6-18)23-12-7-17(8-13-23)9-14-24-11-4-10-22-24/h1-6,10-11,17,19H,7-9,12-16H2/t19-/m1/s1. The van der Waals surface area contributed by atoms with Crippen LogP contribution < -0.4 is 0 Å². The average molecular weight is 382 g/mol. The Morgan fingerprint density at radius 2 is 1.93 bits per heavy atom. The SMILES string of the molecule is O=C(CN1C(=O)OC[C@@H]1c1ccccc1)N1CCC(CCn2cccn2)CC1. The van der Waals surface area contributed by atoms with Gasteiger partial charge in [0.05, 0.1) is 6.04 Å². The number of benzene rings is 1. The Balaban J connectivity index is 1.28. The summed E-state index contributed by atoms with van der Waals surface area (Å²) in [7, 11) is 0. The quantitative estimate of drug-likeness (QED) is 0.770. The molecule has 2 aromatic rings. The lowest BCUT2D eigenvalue weighted by atomic mass is 9.93. The van der Waals surface area contributed by atoms with E-state index in [1.165, 1.54) is 0 Å². The normalized spacial score (nSPS) is 20.4.